The molecule has 0 saturated carbocycles. The summed E-state index contributed by atoms with van der Waals surface area (Å²) in [6, 6.07) is 11.1. The fourth-order valence-electron chi connectivity index (χ4n) is 1.91. The molecule has 0 spiro atoms. The van der Waals surface area contributed by atoms with Gasteiger partial charge >= 0.3 is 11.7 Å². The summed E-state index contributed by atoms with van der Waals surface area (Å²) in [5.41, 5.74) is 0.695. The Labute approximate surface area is 138 Å². The lowest BCUT2D eigenvalue weighted by atomic mass is 10.1. The van der Waals surface area contributed by atoms with Crippen molar-refractivity contribution in [3.8, 4) is 0 Å². The quantitative estimate of drug-likeness (QED) is 0.515. The van der Waals surface area contributed by atoms with Crippen molar-refractivity contribution < 1.29 is 19.1 Å². The number of esters is 1. The molecule has 0 radical (unpaired) electrons. The van der Waals surface area contributed by atoms with E-state index in [1.54, 1.807) is 31.2 Å². The maximum Gasteiger partial charge on any atom is 0.405 e. The lowest BCUT2D eigenvalue weighted by Gasteiger charge is -2.14. The highest BCUT2D eigenvalue weighted by Gasteiger charge is 2.18. The first-order valence-corrected chi connectivity index (χ1v) is 7.25. The third-order valence-electron chi connectivity index (χ3n) is 3.12. The van der Waals surface area contributed by atoms with E-state index in [9.17, 15) is 14.8 Å². The highest BCUT2D eigenvalue weighted by Crippen LogP contribution is 2.15. The average molecular weight is 335 g/mol. The van der Waals surface area contributed by atoms with Crippen LogP contribution in [0, 0.1) is 5.21 Å². The number of carbonyl (C=O) groups excluding carboxylic acids is 2. The van der Waals surface area contributed by atoms with Crippen molar-refractivity contribution in [2.45, 2.75) is 13.0 Å². The maximum atomic E-state index is 11.8. The molecule has 1 aromatic carbocycles. The molecule has 1 heterocycles. The number of carbonyl (C=O) groups is 2. The zero-order valence-electron chi connectivity index (χ0n) is 12.4. The molecule has 0 unspecified atom stereocenters. The molecule has 0 aliphatic rings. The summed E-state index contributed by atoms with van der Waals surface area (Å²) in [5.74, 6) is -1.32. The minimum atomic E-state index is -0.852. The zero-order chi connectivity index (χ0) is 16.8. The smallest absolute Gasteiger partial charge is 0.405 e. The van der Waals surface area contributed by atoms with Gasteiger partial charge in [0, 0.05) is 17.2 Å². The zero-order valence-corrected chi connectivity index (χ0v) is 13.1. The summed E-state index contributed by atoms with van der Waals surface area (Å²) in [4.78, 5) is 23.5. The molecule has 1 atom stereocenters. The molecule has 2 aromatic rings. The fourth-order valence-corrected chi connectivity index (χ4v) is 2.04. The number of hydrogen-bond acceptors (Lipinski definition) is 4. The van der Waals surface area contributed by atoms with E-state index in [1.165, 1.54) is 24.4 Å². The van der Waals surface area contributed by atoms with Gasteiger partial charge in [0.05, 0.1) is 6.04 Å². The van der Waals surface area contributed by atoms with Gasteiger partial charge in [0.15, 0.2) is 12.8 Å². The second kappa shape index (κ2) is 7.60. The summed E-state index contributed by atoms with van der Waals surface area (Å²) < 4.78 is 5.22. The highest BCUT2D eigenvalue weighted by atomic mass is 35.5. The standard InChI is InChI=1S/C16H15ClN2O4/c1-11(12-5-7-13(17)8-6-12)18-15(20)10-23-16(21)14-4-2-3-9-19(14)22/h2-9,11H,10H2,1H3,(H,18,20)/t11-/m0/s1. The van der Waals surface area contributed by atoms with E-state index >= 15 is 0 Å². The molecule has 7 heteroatoms. The van der Waals surface area contributed by atoms with Crippen molar-refractivity contribution in [3.63, 3.8) is 0 Å². The van der Waals surface area contributed by atoms with Crippen LogP contribution in [0.25, 0.3) is 0 Å². The van der Waals surface area contributed by atoms with Gasteiger partial charge in [-0.3, -0.25) is 4.79 Å². The number of aromatic nitrogens is 1. The Morgan fingerprint density at radius 2 is 1.96 bits per heavy atom. The van der Waals surface area contributed by atoms with Crippen molar-refractivity contribution in [2.75, 3.05) is 6.61 Å². The lowest BCUT2D eigenvalue weighted by Crippen LogP contribution is -2.36. The highest BCUT2D eigenvalue weighted by molar-refractivity contribution is 6.30. The number of rotatable bonds is 5. The van der Waals surface area contributed by atoms with E-state index < -0.39 is 18.5 Å². The van der Waals surface area contributed by atoms with Crippen molar-refractivity contribution >= 4 is 23.5 Å². The van der Waals surface area contributed by atoms with Crippen molar-refractivity contribution in [3.05, 3.63) is 70.1 Å². The van der Waals surface area contributed by atoms with Crippen LogP contribution < -0.4 is 10.0 Å². The summed E-state index contributed by atoms with van der Waals surface area (Å²) >= 11 is 5.81. The maximum absolute atomic E-state index is 11.8. The Balaban J connectivity index is 1.86. The van der Waals surface area contributed by atoms with Gasteiger partial charge in [-0.05, 0) is 30.7 Å². The Morgan fingerprint density at radius 3 is 2.61 bits per heavy atom. The number of nitrogens with one attached hydrogen (secondary N) is 1. The van der Waals surface area contributed by atoms with Crippen molar-refractivity contribution in [1.82, 2.24) is 5.32 Å². The summed E-state index contributed by atoms with van der Waals surface area (Å²) in [5, 5.41) is 14.7. The normalized spacial score (nSPS) is 11.6. The van der Waals surface area contributed by atoms with E-state index in [0.29, 0.717) is 9.75 Å². The molecule has 120 valence electrons. The first-order chi connectivity index (χ1) is 11.0. The fraction of sp³-hybridized carbons (Fsp3) is 0.188. The molecule has 0 aliphatic carbocycles. The predicted octanol–water partition coefficient (Wildman–Crippen LogP) is 2.01. The third kappa shape index (κ3) is 4.69. The molecule has 6 nitrogen and oxygen atoms in total. The Hall–Kier alpha value is -2.60. The number of halogens is 1. The molecular weight excluding hydrogens is 320 g/mol. The second-order valence-corrected chi connectivity index (χ2v) is 5.26. The van der Waals surface area contributed by atoms with Gasteiger partial charge in [-0.1, -0.05) is 23.7 Å². The molecule has 2 rings (SSSR count). The molecule has 0 saturated heterocycles. The monoisotopic (exact) mass is 334 g/mol. The van der Waals surface area contributed by atoms with Crippen molar-refractivity contribution in [2.24, 2.45) is 0 Å². The molecule has 23 heavy (non-hydrogen) atoms. The van der Waals surface area contributed by atoms with Crippen LogP contribution in [0.4, 0.5) is 0 Å². The van der Waals surface area contributed by atoms with E-state index in [1.807, 2.05) is 0 Å². The van der Waals surface area contributed by atoms with Crippen LogP contribution >= 0.6 is 11.6 Å². The van der Waals surface area contributed by atoms with E-state index in [2.05, 4.69) is 5.32 Å². The first-order valence-electron chi connectivity index (χ1n) is 6.87. The van der Waals surface area contributed by atoms with Crippen LogP contribution in [0.1, 0.15) is 29.0 Å². The number of hydrogen-bond donors (Lipinski definition) is 1. The number of nitrogens with zero attached hydrogens (tertiary/aromatic N) is 1. The Kier molecular flexibility index (Phi) is 5.54. The lowest BCUT2D eigenvalue weighted by molar-refractivity contribution is -0.608. The van der Waals surface area contributed by atoms with E-state index in [0.717, 1.165) is 5.56 Å². The average Bonchev–Trinajstić information content (AvgIpc) is 2.53. The Morgan fingerprint density at radius 1 is 1.26 bits per heavy atom. The van der Waals surface area contributed by atoms with Gasteiger partial charge in [0.1, 0.15) is 0 Å². The van der Waals surface area contributed by atoms with Crippen LogP contribution in [0.3, 0.4) is 0 Å². The predicted molar refractivity (Wildman–Crippen MR) is 83.7 cm³/mol. The topological polar surface area (TPSA) is 82.3 Å². The van der Waals surface area contributed by atoms with Gasteiger partial charge in [-0.25, -0.2) is 4.79 Å². The first kappa shape index (κ1) is 16.8. The van der Waals surface area contributed by atoms with E-state index in [-0.39, 0.29) is 11.7 Å². The summed E-state index contributed by atoms with van der Waals surface area (Å²) in [6.07, 6.45) is 1.18. The van der Waals surface area contributed by atoms with Crippen LogP contribution in [-0.2, 0) is 9.53 Å². The van der Waals surface area contributed by atoms with Gasteiger partial charge < -0.3 is 15.3 Å². The van der Waals surface area contributed by atoms with Gasteiger partial charge in [0.2, 0.25) is 0 Å². The second-order valence-electron chi connectivity index (χ2n) is 4.83. The summed E-state index contributed by atoms with van der Waals surface area (Å²) in [6.45, 7) is 1.33. The SMILES string of the molecule is C[C@H](NC(=O)COC(=O)c1cccc[n+]1[O-])c1ccc(Cl)cc1. The molecule has 0 aliphatic heterocycles. The van der Waals surface area contributed by atoms with Gasteiger partial charge in [-0.2, -0.15) is 4.73 Å². The minimum Gasteiger partial charge on any atom is -0.618 e. The number of benzene rings is 1. The molecule has 1 aromatic heterocycles. The Bertz CT molecular complexity index is 703. The molecule has 0 bridgehead atoms. The van der Waals surface area contributed by atoms with Gasteiger partial charge in [-0.15, -0.1) is 0 Å². The number of ether oxygens (including phenoxy) is 1. The van der Waals surface area contributed by atoms with Crippen LogP contribution in [0.5, 0.6) is 0 Å². The van der Waals surface area contributed by atoms with Crippen molar-refractivity contribution in [1.29, 1.82) is 0 Å². The minimum absolute atomic E-state index is 0.175. The van der Waals surface area contributed by atoms with Crippen LogP contribution in [0.2, 0.25) is 5.02 Å². The molecule has 0 fully saturated rings. The summed E-state index contributed by atoms with van der Waals surface area (Å²) in [7, 11) is 0. The number of amides is 1. The number of pyridine rings is 1. The van der Waals surface area contributed by atoms with Gasteiger partial charge in [0.25, 0.3) is 5.91 Å². The van der Waals surface area contributed by atoms with Crippen LogP contribution in [0.15, 0.2) is 48.7 Å². The van der Waals surface area contributed by atoms with E-state index in [4.69, 9.17) is 16.3 Å². The largest absolute Gasteiger partial charge is 0.618 e. The van der Waals surface area contributed by atoms with Crippen LogP contribution in [-0.4, -0.2) is 18.5 Å². The molecule has 1 amide bonds. The molecular formula is C16H15ClN2O4. The third-order valence-corrected chi connectivity index (χ3v) is 3.37. The molecule has 1 N–H and O–H groups in total.